The van der Waals surface area contributed by atoms with E-state index in [1.807, 2.05) is 12.1 Å². The Morgan fingerprint density at radius 3 is 2.68 bits per heavy atom. The van der Waals surface area contributed by atoms with E-state index >= 15 is 0 Å². The molecule has 0 bridgehead atoms. The predicted molar refractivity (Wildman–Crippen MR) is 113 cm³/mol. The highest BCUT2D eigenvalue weighted by molar-refractivity contribution is 7.89. The summed E-state index contributed by atoms with van der Waals surface area (Å²) >= 11 is 0. The van der Waals surface area contributed by atoms with E-state index < -0.39 is 10.0 Å². The van der Waals surface area contributed by atoms with Crippen LogP contribution in [0.15, 0.2) is 66.1 Å². The van der Waals surface area contributed by atoms with Gasteiger partial charge in [0.25, 0.3) is 10.0 Å². The van der Waals surface area contributed by atoms with Crippen LogP contribution in [-0.4, -0.2) is 41.4 Å². The van der Waals surface area contributed by atoms with E-state index in [9.17, 15) is 12.8 Å². The van der Waals surface area contributed by atoms with Gasteiger partial charge in [0, 0.05) is 44.8 Å². The lowest BCUT2D eigenvalue weighted by Gasteiger charge is -2.20. The summed E-state index contributed by atoms with van der Waals surface area (Å²) in [6, 6.07) is 15.4. The molecule has 2 heterocycles. The zero-order valence-electron chi connectivity index (χ0n) is 16.9. The third-order valence-electron chi connectivity index (χ3n) is 5.49. The molecule has 4 rings (SSSR count). The molecule has 0 aliphatic carbocycles. The normalized spacial score (nSPS) is 19.4. The maximum atomic E-state index is 13.4. The van der Waals surface area contributed by atoms with Gasteiger partial charge in [-0.3, -0.25) is 0 Å². The predicted octanol–water partition coefficient (Wildman–Crippen LogP) is 2.38. The van der Waals surface area contributed by atoms with Gasteiger partial charge in [-0.1, -0.05) is 24.3 Å². The molecule has 2 atom stereocenters. The van der Waals surface area contributed by atoms with Crippen LogP contribution >= 0.6 is 0 Å². The molecule has 1 aliphatic rings. The summed E-state index contributed by atoms with van der Waals surface area (Å²) in [7, 11) is -2.03. The Hall–Kier alpha value is -3.06. The van der Waals surface area contributed by atoms with Crippen molar-refractivity contribution in [3.8, 4) is 6.07 Å². The lowest BCUT2D eigenvalue weighted by Crippen LogP contribution is -2.36. The molecule has 160 valence electrons. The van der Waals surface area contributed by atoms with Gasteiger partial charge in [0.2, 0.25) is 0 Å². The Bertz CT molecular complexity index is 1220. The minimum Gasteiger partial charge on any atom is -0.339 e. The SMILES string of the molecule is Cn1cnc(S(=O)(=O)N2C[C@@H](NCc3cccc(C#N)c3)[C@H](c3ccc(F)cc3)C2)c1. The molecule has 0 saturated carbocycles. The first-order valence-electron chi connectivity index (χ1n) is 9.83. The van der Waals surface area contributed by atoms with E-state index in [2.05, 4.69) is 16.4 Å². The van der Waals surface area contributed by atoms with E-state index in [4.69, 9.17) is 5.26 Å². The third-order valence-corrected chi connectivity index (χ3v) is 7.21. The molecule has 31 heavy (non-hydrogen) atoms. The van der Waals surface area contributed by atoms with Crippen LogP contribution in [0, 0.1) is 17.1 Å². The summed E-state index contributed by atoms with van der Waals surface area (Å²) in [6.45, 7) is 1.01. The van der Waals surface area contributed by atoms with Crippen LogP contribution in [0.2, 0.25) is 0 Å². The number of rotatable bonds is 6. The van der Waals surface area contributed by atoms with E-state index in [1.54, 1.807) is 35.9 Å². The molecule has 0 unspecified atom stereocenters. The van der Waals surface area contributed by atoms with Crippen molar-refractivity contribution in [1.82, 2.24) is 19.2 Å². The van der Waals surface area contributed by atoms with Crippen molar-refractivity contribution in [2.24, 2.45) is 7.05 Å². The second-order valence-electron chi connectivity index (χ2n) is 7.66. The number of hydrogen-bond acceptors (Lipinski definition) is 5. The Morgan fingerprint density at radius 2 is 2.00 bits per heavy atom. The van der Waals surface area contributed by atoms with Crippen molar-refractivity contribution in [2.75, 3.05) is 13.1 Å². The number of imidazole rings is 1. The highest BCUT2D eigenvalue weighted by Gasteiger charge is 2.40. The minimum atomic E-state index is -3.75. The van der Waals surface area contributed by atoms with E-state index in [0.717, 1.165) is 11.1 Å². The van der Waals surface area contributed by atoms with Gasteiger partial charge in [0.15, 0.2) is 5.03 Å². The van der Waals surface area contributed by atoms with Crippen molar-refractivity contribution >= 4 is 10.0 Å². The van der Waals surface area contributed by atoms with Gasteiger partial charge in [-0.25, -0.2) is 17.8 Å². The first kappa shape index (κ1) is 21.2. The first-order chi connectivity index (χ1) is 14.9. The fourth-order valence-corrected chi connectivity index (χ4v) is 5.33. The van der Waals surface area contributed by atoms with Gasteiger partial charge in [-0.05, 0) is 35.4 Å². The van der Waals surface area contributed by atoms with Crippen LogP contribution in [0.25, 0.3) is 0 Å². The van der Waals surface area contributed by atoms with Gasteiger partial charge in [-0.2, -0.15) is 9.57 Å². The maximum absolute atomic E-state index is 13.4. The fraction of sp³-hybridized carbons (Fsp3) is 0.273. The Kier molecular flexibility index (Phi) is 5.87. The standard InChI is InChI=1S/C22H22FN5O2S/c1-27-14-22(26-15-27)31(29,30)28-12-20(18-5-7-19(23)8-6-18)21(13-28)25-11-17-4-2-3-16(9-17)10-24/h2-9,14-15,20-21,25H,11-13H2,1H3/t20-,21+/m0/s1. The molecule has 9 heteroatoms. The number of nitrogens with zero attached hydrogens (tertiary/aromatic N) is 4. The first-order valence-corrected chi connectivity index (χ1v) is 11.3. The van der Waals surface area contributed by atoms with Crippen molar-refractivity contribution in [1.29, 1.82) is 5.26 Å². The summed E-state index contributed by atoms with van der Waals surface area (Å²) in [5.74, 6) is -0.490. The molecule has 1 aliphatic heterocycles. The molecule has 1 saturated heterocycles. The lowest BCUT2D eigenvalue weighted by atomic mass is 9.94. The molecule has 1 fully saturated rings. The monoisotopic (exact) mass is 439 g/mol. The van der Waals surface area contributed by atoms with E-state index in [-0.39, 0.29) is 35.9 Å². The number of nitriles is 1. The summed E-state index contributed by atoms with van der Waals surface area (Å²) in [5, 5.41) is 12.6. The highest BCUT2D eigenvalue weighted by atomic mass is 32.2. The smallest absolute Gasteiger partial charge is 0.262 e. The molecular weight excluding hydrogens is 417 g/mol. The number of aryl methyl sites for hydroxylation is 1. The molecule has 0 amide bonds. The molecule has 2 aromatic carbocycles. The average Bonchev–Trinajstić information content (AvgIpc) is 3.40. The number of hydrogen-bond donors (Lipinski definition) is 1. The molecule has 1 aromatic heterocycles. The van der Waals surface area contributed by atoms with Gasteiger partial charge in [0.1, 0.15) is 5.82 Å². The minimum absolute atomic E-state index is 0.00947. The van der Waals surface area contributed by atoms with Gasteiger partial charge >= 0.3 is 0 Å². The van der Waals surface area contributed by atoms with Crippen LogP contribution in [0.1, 0.15) is 22.6 Å². The number of sulfonamides is 1. The topological polar surface area (TPSA) is 91.0 Å². The fourth-order valence-electron chi connectivity index (χ4n) is 3.87. The number of benzene rings is 2. The lowest BCUT2D eigenvalue weighted by molar-refractivity contribution is 0.454. The zero-order valence-corrected chi connectivity index (χ0v) is 17.8. The summed E-state index contributed by atoms with van der Waals surface area (Å²) in [6.07, 6.45) is 2.94. The van der Waals surface area contributed by atoms with Gasteiger partial charge < -0.3 is 9.88 Å². The number of aromatic nitrogens is 2. The Balaban J connectivity index is 1.59. The zero-order chi connectivity index (χ0) is 22.0. The summed E-state index contributed by atoms with van der Waals surface area (Å²) in [5.41, 5.74) is 2.37. The Labute approximate surface area is 180 Å². The Morgan fingerprint density at radius 1 is 1.23 bits per heavy atom. The molecule has 0 spiro atoms. The highest BCUT2D eigenvalue weighted by Crippen LogP contribution is 2.31. The number of nitrogens with one attached hydrogen (secondary N) is 1. The van der Waals surface area contributed by atoms with Crippen molar-refractivity contribution in [3.05, 3.63) is 83.6 Å². The van der Waals surface area contributed by atoms with Crippen LogP contribution in [0.5, 0.6) is 0 Å². The van der Waals surface area contributed by atoms with Crippen molar-refractivity contribution in [3.63, 3.8) is 0 Å². The largest absolute Gasteiger partial charge is 0.339 e. The number of halogens is 1. The second kappa shape index (κ2) is 8.59. The van der Waals surface area contributed by atoms with Gasteiger partial charge in [-0.15, -0.1) is 0 Å². The van der Waals surface area contributed by atoms with Crippen molar-refractivity contribution in [2.45, 2.75) is 23.5 Å². The molecule has 0 radical (unpaired) electrons. The molecular formula is C22H22FN5O2S. The van der Waals surface area contributed by atoms with Crippen LogP contribution in [0.3, 0.4) is 0 Å². The van der Waals surface area contributed by atoms with Gasteiger partial charge in [0.05, 0.1) is 18.0 Å². The second-order valence-corrected chi connectivity index (χ2v) is 9.54. The molecule has 1 N–H and O–H groups in total. The molecule has 3 aromatic rings. The summed E-state index contributed by atoms with van der Waals surface area (Å²) < 4.78 is 42.7. The third kappa shape index (κ3) is 4.51. The van der Waals surface area contributed by atoms with E-state index in [0.29, 0.717) is 12.1 Å². The van der Waals surface area contributed by atoms with E-state index in [1.165, 1.54) is 29.0 Å². The van der Waals surface area contributed by atoms with Crippen molar-refractivity contribution < 1.29 is 12.8 Å². The van der Waals surface area contributed by atoms with Crippen LogP contribution in [0.4, 0.5) is 4.39 Å². The summed E-state index contributed by atoms with van der Waals surface area (Å²) in [4.78, 5) is 4.01. The van der Waals surface area contributed by atoms with Crippen LogP contribution in [-0.2, 0) is 23.6 Å². The van der Waals surface area contributed by atoms with Crippen LogP contribution < -0.4 is 5.32 Å². The molecule has 7 nitrogen and oxygen atoms in total. The average molecular weight is 440 g/mol. The quantitative estimate of drug-likeness (QED) is 0.637. The maximum Gasteiger partial charge on any atom is 0.262 e.